The largest absolute Gasteiger partial charge is 0.497 e. The zero-order chi connectivity index (χ0) is 18.1. The molecular weight excluding hydrogens is 334 g/mol. The van der Waals surface area contributed by atoms with Gasteiger partial charge in [-0.1, -0.05) is 29.5 Å². The maximum atomic E-state index is 12.5. The summed E-state index contributed by atoms with van der Waals surface area (Å²) >= 11 is 0. The van der Waals surface area contributed by atoms with Gasteiger partial charge in [0.25, 0.3) is 11.5 Å². The SMILES string of the molecule is COc1ccc(CNC(=O)c2nnn3c2c(=O)[nH]c2ccccc23)cc1. The van der Waals surface area contributed by atoms with Crippen molar-refractivity contribution in [3.05, 3.63) is 70.1 Å². The van der Waals surface area contributed by atoms with E-state index < -0.39 is 11.5 Å². The lowest BCUT2D eigenvalue weighted by Gasteiger charge is -2.05. The zero-order valence-electron chi connectivity index (χ0n) is 13.9. The van der Waals surface area contributed by atoms with Crippen molar-refractivity contribution in [1.29, 1.82) is 0 Å². The molecule has 0 aliphatic carbocycles. The number of amides is 1. The van der Waals surface area contributed by atoms with Crippen LogP contribution >= 0.6 is 0 Å². The van der Waals surface area contributed by atoms with Gasteiger partial charge in [0.05, 0.1) is 18.1 Å². The molecule has 0 saturated carbocycles. The summed E-state index contributed by atoms with van der Waals surface area (Å²) in [6, 6.07) is 14.5. The Labute approximate surface area is 147 Å². The van der Waals surface area contributed by atoms with Gasteiger partial charge in [0.1, 0.15) is 5.75 Å². The Kier molecular flexibility index (Phi) is 3.85. The third kappa shape index (κ3) is 2.67. The van der Waals surface area contributed by atoms with Crippen molar-refractivity contribution in [2.45, 2.75) is 6.54 Å². The summed E-state index contributed by atoms with van der Waals surface area (Å²) in [7, 11) is 1.59. The number of benzene rings is 2. The molecular formula is C18H15N5O3. The lowest BCUT2D eigenvalue weighted by Crippen LogP contribution is -2.25. The molecule has 2 aromatic carbocycles. The number of nitrogens with zero attached hydrogens (tertiary/aromatic N) is 3. The second-order valence-electron chi connectivity index (χ2n) is 5.70. The first-order valence-corrected chi connectivity index (χ1v) is 7.95. The molecule has 0 bridgehead atoms. The summed E-state index contributed by atoms with van der Waals surface area (Å²) in [5.41, 5.74) is 1.89. The lowest BCUT2D eigenvalue weighted by atomic mass is 10.2. The van der Waals surface area contributed by atoms with Gasteiger partial charge < -0.3 is 15.0 Å². The number of carbonyl (C=O) groups is 1. The molecule has 0 aliphatic heterocycles. The van der Waals surface area contributed by atoms with Gasteiger partial charge in [0.15, 0.2) is 11.2 Å². The van der Waals surface area contributed by atoms with Crippen LogP contribution in [0.2, 0.25) is 0 Å². The number of aromatic amines is 1. The van der Waals surface area contributed by atoms with Gasteiger partial charge in [-0.25, -0.2) is 4.52 Å². The molecule has 0 saturated heterocycles. The molecule has 26 heavy (non-hydrogen) atoms. The minimum atomic E-state index is -0.461. The summed E-state index contributed by atoms with van der Waals surface area (Å²) in [4.78, 5) is 27.6. The Bertz CT molecular complexity index is 1160. The maximum Gasteiger partial charge on any atom is 0.277 e. The van der Waals surface area contributed by atoms with Crippen LogP contribution in [0, 0.1) is 0 Å². The summed E-state index contributed by atoms with van der Waals surface area (Å²) in [5, 5.41) is 10.6. The zero-order valence-corrected chi connectivity index (χ0v) is 13.9. The molecule has 1 amide bonds. The van der Waals surface area contributed by atoms with Gasteiger partial charge in [-0.05, 0) is 29.8 Å². The molecule has 130 valence electrons. The number of para-hydroxylation sites is 2. The average Bonchev–Trinajstić information content (AvgIpc) is 3.13. The molecule has 0 fully saturated rings. The molecule has 8 heteroatoms. The average molecular weight is 349 g/mol. The van der Waals surface area contributed by atoms with Crippen molar-refractivity contribution in [2.24, 2.45) is 0 Å². The summed E-state index contributed by atoms with van der Waals surface area (Å²) in [6.45, 7) is 0.299. The van der Waals surface area contributed by atoms with E-state index in [-0.39, 0.29) is 11.2 Å². The van der Waals surface area contributed by atoms with Crippen LogP contribution in [0.25, 0.3) is 16.6 Å². The lowest BCUT2D eigenvalue weighted by molar-refractivity contribution is 0.0947. The number of ether oxygens (including phenoxy) is 1. The quantitative estimate of drug-likeness (QED) is 0.581. The highest BCUT2D eigenvalue weighted by Gasteiger charge is 2.19. The highest BCUT2D eigenvalue weighted by molar-refractivity contribution is 5.99. The van der Waals surface area contributed by atoms with Gasteiger partial charge in [0.2, 0.25) is 0 Å². The fraction of sp³-hybridized carbons (Fsp3) is 0.111. The predicted octanol–water partition coefficient (Wildman–Crippen LogP) is 1.51. The standard InChI is InChI=1S/C18H15N5O3/c1-26-12-8-6-11(7-9-12)10-19-17(24)15-16-18(25)20-13-4-2-3-5-14(13)23(16)22-21-15/h2-9H,10H2,1H3,(H,19,24)(H,20,25). The third-order valence-corrected chi connectivity index (χ3v) is 4.09. The molecule has 2 N–H and O–H groups in total. The Balaban J connectivity index is 1.64. The van der Waals surface area contributed by atoms with E-state index in [1.807, 2.05) is 36.4 Å². The van der Waals surface area contributed by atoms with Gasteiger partial charge in [-0.3, -0.25) is 9.59 Å². The first-order valence-electron chi connectivity index (χ1n) is 7.95. The van der Waals surface area contributed by atoms with Crippen LogP contribution in [0.5, 0.6) is 5.75 Å². The Morgan fingerprint density at radius 1 is 1.19 bits per heavy atom. The van der Waals surface area contributed by atoms with E-state index in [1.165, 1.54) is 4.52 Å². The summed E-state index contributed by atoms with van der Waals surface area (Å²) in [5.74, 6) is 0.277. The Morgan fingerprint density at radius 2 is 1.96 bits per heavy atom. The third-order valence-electron chi connectivity index (χ3n) is 4.09. The number of fused-ring (bicyclic) bond motifs is 3. The van der Waals surface area contributed by atoms with Gasteiger partial charge in [0, 0.05) is 6.54 Å². The minimum absolute atomic E-state index is 0.00878. The monoisotopic (exact) mass is 349 g/mol. The number of hydrogen-bond donors (Lipinski definition) is 2. The van der Waals surface area contributed by atoms with E-state index in [1.54, 1.807) is 19.2 Å². The molecule has 0 radical (unpaired) electrons. The number of H-pyrrole nitrogens is 1. The number of hydrogen-bond acceptors (Lipinski definition) is 5. The Hall–Kier alpha value is -3.68. The topological polar surface area (TPSA) is 101 Å². The van der Waals surface area contributed by atoms with Crippen LogP contribution < -0.4 is 15.6 Å². The van der Waals surface area contributed by atoms with Crippen molar-refractivity contribution in [1.82, 2.24) is 25.1 Å². The predicted molar refractivity (Wildman–Crippen MR) is 95.3 cm³/mol. The number of carbonyl (C=O) groups excluding carboxylic acids is 1. The van der Waals surface area contributed by atoms with Crippen LogP contribution in [0.15, 0.2) is 53.3 Å². The van der Waals surface area contributed by atoms with Crippen LogP contribution in [0.1, 0.15) is 16.1 Å². The molecule has 0 aliphatic rings. The van der Waals surface area contributed by atoms with Crippen molar-refractivity contribution < 1.29 is 9.53 Å². The van der Waals surface area contributed by atoms with Gasteiger partial charge in [-0.15, -0.1) is 5.10 Å². The Morgan fingerprint density at radius 3 is 2.73 bits per heavy atom. The van der Waals surface area contributed by atoms with E-state index in [0.29, 0.717) is 17.6 Å². The molecule has 0 unspecified atom stereocenters. The molecule has 8 nitrogen and oxygen atoms in total. The van der Waals surface area contributed by atoms with Crippen LogP contribution in [0.3, 0.4) is 0 Å². The molecule has 2 heterocycles. The van der Waals surface area contributed by atoms with Crippen molar-refractivity contribution in [3.63, 3.8) is 0 Å². The van der Waals surface area contributed by atoms with E-state index in [9.17, 15) is 9.59 Å². The summed E-state index contributed by atoms with van der Waals surface area (Å²) < 4.78 is 6.49. The van der Waals surface area contributed by atoms with Crippen molar-refractivity contribution in [3.8, 4) is 5.75 Å². The van der Waals surface area contributed by atoms with E-state index in [4.69, 9.17) is 4.74 Å². The van der Waals surface area contributed by atoms with Gasteiger partial charge in [-0.2, -0.15) is 0 Å². The van der Waals surface area contributed by atoms with Gasteiger partial charge >= 0.3 is 0 Å². The highest BCUT2D eigenvalue weighted by atomic mass is 16.5. The maximum absolute atomic E-state index is 12.5. The van der Waals surface area contributed by atoms with Crippen LogP contribution in [-0.4, -0.2) is 32.8 Å². The molecule has 4 aromatic rings. The number of methoxy groups -OCH3 is 1. The van der Waals surface area contributed by atoms with E-state index in [0.717, 1.165) is 11.3 Å². The van der Waals surface area contributed by atoms with E-state index in [2.05, 4.69) is 20.6 Å². The normalized spacial score (nSPS) is 11.0. The van der Waals surface area contributed by atoms with Crippen LogP contribution in [0.4, 0.5) is 0 Å². The summed E-state index contributed by atoms with van der Waals surface area (Å²) in [6.07, 6.45) is 0. The molecule has 2 aromatic heterocycles. The highest BCUT2D eigenvalue weighted by Crippen LogP contribution is 2.13. The number of aromatic nitrogens is 4. The minimum Gasteiger partial charge on any atom is -0.497 e. The van der Waals surface area contributed by atoms with Crippen molar-refractivity contribution in [2.75, 3.05) is 7.11 Å². The van der Waals surface area contributed by atoms with E-state index >= 15 is 0 Å². The fourth-order valence-electron chi connectivity index (χ4n) is 2.76. The van der Waals surface area contributed by atoms with Crippen LogP contribution in [-0.2, 0) is 6.54 Å². The van der Waals surface area contributed by atoms with Crippen molar-refractivity contribution >= 4 is 22.5 Å². The fourth-order valence-corrected chi connectivity index (χ4v) is 2.76. The smallest absolute Gasteiger partial charge is 0.277 e. The molecule has 0 atom stereocenters. The first-order chi connectivity index (χ1) is 12.7. The second-order valence-corrected chi connectivity index (χ2v) is 5.70. The number of rotatable bonds is 4. The number of nitrogens with one attached hydrogen (secondary N) is 2. The second kappa shape index (κ2) is 6.32. The molecule has 4 rings (SSSR count). The first kappa shape index (κ1) is 15.8. The molecule has 0 spiro atoms.